The van der Waals surface area contributed by atoms with E-state index < -0.39 is 17.7 Å². The van der Waals surface area contributed by atoms with Crippen molar-refractivity contribution in [3.8, 4) is 0 Å². The number of hydrogen-bond acceptors (Lipinski definition) is 5. The molecule has 124 valence electrons. The highest BCUT2D eigenvalue weighted by molar-refractivity contribution is 5.74. The molecule has 1 aromatic rings. The van der Waals surface area contributed by atoms with Crippen LogP contribution in [0, 0.1) is 12.8 Å². The number of carbonyl (C=O) groups is 1. The van der Waals surface area contributed by atoms with E-state index in [4.69, 9.17) is 4.74 Å². The Morgan fingerprint density at radius 3 is 2.55 bits per heavy atom. The lowest BCUT2D eigenvalue weighted by Crippen LogP contribution is -2.34. The Morgan fingerprint density at radius 2 is 2.05 bits per heavy atom. The molecule has 1 atom stereocenters. The predicted octanol–water partition coefficient (Wildman–Crippen LogP) is 1.42. The number of carbonyl (C=O) groups excluding carboxylic acids is 1. The van der Waals surface area contributed by atoms with Crippen molar-refractivity contribution in [1.29, 1.82) is 0 Å². The van der Waals surface area contributed by atoms with Gasteiger partial charge in [0.1, 0.15) is 6.04 Å². The number of esters is 1. The molecule has 0 aliphatic heterocycles. The van der Waals surface area contributed by atoms with Crippen LogP contribution in [0.2, 0.25) is 0 Å². The molecule has 0 aliphatic rings. The first-order valence-corrected chi connectivity index (χ1v) is 7.57. The summed E-state index contributed by atoms with van der Waals surface area (Å²) in [7, 11) is 5.33. The van der Waals surface area contributed by atoms with E-state index in [-0.39, 0.29) is 5.92 Å². The molecule has 0 spiro atoms. The van der Waals surface area contributed by atoms with Gasteiger partial charge in [-0.05, 0) is 45.3 Å². The second-order valence-electron chi connectivity index (χ2n) is 6.26. The number of aryl methyl sites for hydroxylation is 1. The highest BCUT2D eigenvalue weighted by Gasteiger charge is 2.24. The summed E-state index contributed by atoms with van der Waals surface area (Å²) in [6.07, 6.45) is 3.09. The molecular weight excluding hydrogens is 282 g/mol. The fourth-order valence-electron chi connectivity index (χ4n) is 2.31. The average Bonchev–Trinajstić information content (AvgIpc) is 2.43. The van der Waals surface area contributed by atoms with Gasteiger partial charge in [0.2, 0.25) is 0 Å². The third-order valence-corrected chi connectivity index (χ3v) is 3.58. The van der Waals surface area contributed by atoms with E-state index in [9.17, 15) is 9.59 Å². The molecule has 0 saturated carbocycles. The van der Waals surface area contributed by atoms with Crippen molar-refractivity contribution >= 4 is 5.97 Å². The van der Waals surface area contributed by atoms with Crippen LogP contribution in [0.15, 0.2) is 11.0 Å². The predicted molar refractivity (Wildman–Crippen MR) is 86.0 cm³/mol. The van der Waals surface area contributed by atoms with E-state index >= 15 is 0 Å². The molecule has 1 rings (SSSR count). The lowest BCUT2D eigenvalue weighted by atomic mass is 10.0. The minimum absolute atomic E-state index is 0.266. The van der Waals surface area contributed by atoms with Crippen LogP contribution in [0.25, 0.3) is 0 Å². The van der Waals surface area contributed by atoms with Crippen LogP contribution in [0.4, 0.5) is 0 Å². The summed E-state index contributed by atoms with van der Waals surface area (Å²) in [5.74, 6) is -0.137. The average molecular weight is 309 g/mol. The summed E-state index contributed by atoms with van der Waals surface area (Å²) in [6.45, 7) is 6.70. The van der Waals surface area contributed by atoms with Gasteiger partial charge < -0.3 is 9.64 Å². The number of rotatable bonds is 7. The van der Waals surface area contributed by atoms with Gasteiger partial charge in [0.15, 0.2) is 0 Å². The highest BCUT2D eigenvalue weighted by Crippen LogP contribution is 2.18. The van der Waals surface area contributed by atoms with Crippen LogP contribution in [-0.2, 0) is 16.0 Å². The molecular formula is C16H27N3O3. The second-order valence-corrected chi connectivity index (χ2v) is 6.26. The van der Waals surface area contributed by atoms with Crippen LogP contribution in [0.3, 0.4) is 0 Å². The zero-order valence-corrected chi connectivity index (χ0v) is 14.4. The monoisotopic (exact) mass is 309 g/mol. The maximum atomic E-state index is 12.2. The Balaban J connectivity index is 3.21. The maximum absolute atomic E-state index is 12.2. The van der Waals surface area contributed by atoms with Crippen LogP contribution in [0.5, 0.6) is 0 Å². The molecule has 0 aromatic carbocycles. The maximum Gasteiger partial charge on any atom is 0.348 e. The van der Waals surface area contributed by atoms with E-state index in [1.165, 1.54) is 11.7 Å². The smallest absolute Gasteiger partial charge is 0.348 e. The number of nitrogens with zero attached hydrogens (tertiary/aromatic N) is 3. The first-order valence-electron chi connectivity index (χ1n) is 7.57. The summed E-state index contributed by atoms with van der Waals surface area (Å²) in [4.78, 5) is 30.4. The van der Waals surface area contributed by atoms with Gasteiger partial charge in [-0.1, -0.05) is 13.8 Å². The Labute approximate surface area is 132 Å². The molecule has 22 heavy (non-hydrogen) atoms. The Kier molecular flexibility index (Phi) is 6.74. The summed E-state index contributed by atoms with van der Waals surface area (Å²) >= 11 is 0. The molecule has 0 fully saturated rings. The van der Waals surface area contributed by atoms with Gasteiger partial charge in [-0.3, -0.25) is 4.57 Å². The van der Waals surface area contributed by atoms with Gasteiger partial charge in [-0.2, -0.15) is 4.98 Å². The minimum atomic E-state index is -0.622. The van der Waals surface area contributed by atoms with E-state index in [2.05, 4.69) is 9.88 Å². The van der Waals surface area contributed by atoms with Crippen LogP contribution >= 0.6 is 0 Å². The van der Waals surface area contributed by atoms with Gasteiger partial charge in [-0.15, -0.1) is 0 Å². The highest BCUT2D eigenvalue weighted by atomic mass is 16.5. The van der Waals surface area contributed by atoms with E-state index in [0.717, 1.165) is 24.2 Å². The zero-order valence-electron chi connectivity index (χ0n) is 14.4. The normalized spacial score (nSPS) is 12.7. The lowest BCUT2D eigenvalue weighted by molar-refractivity contribution is -0.145. The first kappa shape index (κ1) is 18.4. The van der Waals surface area contributed by atoms with Crippen LogP contribution in [-0.4, -0.2) is 48.2 Å². The molecule has 1 aromatic heterocycles. The van der Waals surface area contributed by atoms with Crippen LogP contribution < -0.4 is 5.69 Å². The summed E-state index contributed by atoms with van der Waals surface area (Å²) < 4.78 is 6.28. The lowest BCUT2D eigenvalue weighted by Gasteiger charge is -2.20. The molecule has 6 nitrogen and oxygen atoms in total. The molecule has 6 heteroatoms. The molecule has 1 unspecified atom stereocenters. The molecule has 1 heterocycles. The van der Waals surface area contributed by atoms with E-state index in [1.807, 2.05) is 34.9 Å². The molecule has 0 bridgehead atoms. The molecule has 0 N–H and O–H groups in total. The minimum Gasteiger partial charge on any atom is -0.467 e. The van der Waals surface area contributed by atoms with Crippen molar-refractivity contribution in [3.05, 3.63) is 27.9 Å². The van der Waals surface area contributed by atoms with E-state index in [0.29, 0.717) is 6.42 Å². The summed E-state index contributed by atoms with van der Waals surface area (Å²) in [6, 6.07) is -0.622. The van der Waals surface area contributed by atoms with Crippen molar-refractivity contribution in [2.75, 3.05) is 27.7 Å². The Morgan fingerprint density at radius 1 is 1.41 bits per heavy atom. The third kappa shape index (κ3) is 4.94. The molecule has 0 aliphatic carbocycles. The van der Waals surface area contributed by atoms with Crippen LogP contribution in [0.1, 0.15) is 37.6 Å². The summed E-state index contributed by atoms with van der Waals surface area (Å²) in [5.41, 5.74) is 1.30. The number of aromatic nitrogens is 2. The van der Waals surface area contributed by atoms with Gasteiger partial charge in [0, 0.05) is 18.4 Å². The first-order chi connectivity index (χ1) is 10.3. The van der Waals surface area contributed by atoms with Crippen molar-refractivity contribution in [3.63, 3.8) is 0 Å². The largest absolute Gasteiger partial charge is 0.467 e. The van der Waals surface area contributed by atoms with Crippen molar-refractivity contribution in [1.82, 2.24) is 14.5 Å². The van der Waals surface area contributed by atoms with E-state index in [1.54, 1.807) is 6.20 Å². The Hall–Kier alpha value is -1.69. The standard InChI is InChI=1S/C16H27N3O3/c1-11(2)9-14(15(20)22-6)19-10-13(7-8-18(4)5)12(3)17-16(19)21/h10-11,14H,7-9H2,1-6H3. The number of ether oxygens (including phenoxy) is 1. The second kappa shape index (κ2) is 8.08. The van der Waals surface area contributed by atoms with Crippen molar-refractivity contribution in [2.45, 2.75) is 39.7 Å². The zero-order chi connectivity index (χ0) is 16.9. The molecule has 0 radical (unpaired) electrons. The van der Waals surface area contributed by atoms with Gasteiger partial charge in [0.25, 0.3) is 0 Å². The SMILES string of the molecule is COC(=O)C(CC(C)C)n1cc(CCN(C)C)c(C)nc1=O. The number of methoxy groups -OCH3 is 1. The topological polar surface area (TPSA) is 64.4 Å². The van der Waals surface area contributed by atoms with Gasteiger partial charge in [0.05, 0.1) is 7.11 Å². The quantitative estimate of drug-likeness (QED) is 0.713. The van der Waals surface area contributed by atoms with Crippen molar-refractivity contribution < 1.29 is 9.53 Å². The summed E-state index contributed by atoms with van der Waals surface area (Å²) in [5, 5.41) is 0. The number of hydrogen-bond donors (Lipinski definition) is 0. The third-order valence-electron chi connectivity index (χ3n) is 3.58. The van der Waals surface area contributed by atoms with Gasteiger partial charge >= 0.3 is 11.7 Å². The van der Waals surface area contributed by atoms with Crippen molar-refractivity contribution in [2.24, 2.45) is 5.92 Å². The Bertz CT molecular complexity index is 564. The van der Waals surface area contributed by atoms with Gasteiger partial charge in [-0.25, -0.2) is 9.59 Å². The molecule has 0 saturated heterocycles. The fraction of sp³-hybridized carbons (Fsp3) is 0.688. The number of likely N-dealkylation sites (N-methyl/N-ethyl adjacent to an activating group) is 1. The molecule has 0 amide bonds. The fourth-order valence-corrected chi connectivity index (χ4v) is 2.31.